The molecule has 0 radical (unpaired) electrons. The fourth-order valence-corrected chi connectivity index (χ4v) is 2.33. The number of hydrogen-bond acceptors (Lipinski definition) is 4. The normalized spacial score (nSPS) is 12.8. The van der Waals surface area contributed by atoms with Crippen molar-refractivity contribution in [3.63, 3.8) is 0 Å². The predicted molar refractivity (Wildman–Crippen MR) is 75.7 cm³/mol. The van der Waals surface area contributed by atoms with E-state index in [0.717, 1.165) is 4.88 Å². The summed E-state index contributed by atoms with van der Waals surface area (Å²) in [6.07, 6.45) is 0.132. The first-order valence-corrected chi connectivity index (χ1v) is 6.82. The van der Waals surface area contributed by atoms with Crippen LogP contribution in [0.2, 0.25) is 0 Å². The topological polar surface area (TPSA) is 110 Å². The molecule has 1 rings (SSSR count). The highest BCUT2D eigenvalue weighted by Gasteiger charge is 2.23. The lowest BCUT2D eigenvalue weighted by Crippen LogP contribution is -2.49. The molecular formula is C12H20N4O2S. The number of urea groups is 1. The number of carbonyl (C=O) groups excluding carboxylic acids is 2. The summed E-state index contributed by atoms with van der Waals surface area (Å²) in [5.41, 5.74) is 10.2. The summed E-state index contributed by atoms with van der Waals surface area (Å²) in [5.74, 6) is -0.178. The summed E-state index contributed by atoms with van der Waals surface area (Å²) in [5, 5.41) is 7.28. The first kappa shape index (κ1) is 15.5. The maximum absolute atomic E-state index is 12.0. The van der Waals surface area contributed by atoms with Crippen LogP contribution in [-0.4, -0.2) is 24.0 Å². The van der Waals surface area contributed by atoms with Crippen LogP contribution in [0.1, 0.15) is 31.2 Å². The van der Waals surface area contributed by atoms with Crippen LogP contribution in [0.15, 0.2) is 17.5 Å². The van der Waals surface area contributed by atoms with E-state index in [0.29, 0.717) is 6.54 Å². The highest BCUT2D eigenvalue weighted by atomic mass is 32.1. The van der Waals surface area contributed by atoms with Crippen molar-refractivity contribution in [1.29, 1.82) is 0 Å². The Kier molecular flexibility index (Phi) is 5.31. The van der Waals surface area contributed by atoms with Crippen molar-refractivity contribution in [2.24, 2.45) is 11.5 Å². The SMILES string of the molecule is CC(C)(CN)NC(=O)CC(NC(N)=O)c1cccs1. The van der Waals surface area contributed by atoms with Gasteiger partial charge >= 0.3 is 6.03 Å². The number of nitrogens with two attached hydrogens (primary N) is 2. The first-order chi connectivity index (χ1) is 8.84. The fourth-order valence-electron chi connectivity index (χ4n) is 1.55. The summed E-state index contributed by atoms with van der Waals surface area (Å²) in [7, 11) is 0. The second kappa shape index (κ2) is 6.53. The summed E-state index contributed by atoms with van der Waals surface area (Å²) < 4.78 is 0. The molecule has 0 aromatic carbocycles. The molecule has 1 atom stereocenters. The van der Waals surface area contributed by atoms with Gasteiger partial charge in [-0.2, -0.15) is 0 Å². The van der Waals surface area contributed by atoms with Crippen molar-refractivity contribution < 1.29 is 9.59 Å². The average molecular weight is 284 g/mol. The summed E-state index contributed by atoms with van der Waals surface area (Å²) in [6, 6.07) is 2.65. The Bertz CT molecular complexity index is 431. The van der Waals surface area contributed by atoms with Gasteiger partial charge in [0.05, 0.1) is 12.5 Å². The minimum atomic E-state index is -0.649. The molecule has 0 fully saturated rings. The molecule has 19 heavy (non-hydrogen) atoms. The van der Waals surface area contributed by atoms with Gasteiger partial charge in [-0.25, -0.2) is 4.79 Å². The van der Waals surface area contributed by atoms with E-state index < -0.39 is 17.6 Å². The van der Waals surface area contributed by atoms with Crippen molar-refractivity contribution in [3.05, 3.63) is 22.4 Å². The minimum absolute atomic E-state index is 0.132. The molecule has 0 bridgehead atoms. The van der Waals surface area contributed by atoms with Gasteiger partial charge in [-0.3, -0.25) is 4.79 Å². The lowest BCUT2D eigenvalue weighted by molar-refractivity contribution is -0.123. The van der Waals surface area contributed by atoms with E-state index in [1.807, 2.05) is 31.4 Å². The van der Waals surface area contributed by atoms with Crippen molar-refractivity contribution in [2.45, 2.75) is 31.8 Å². The molecule has 0 aliphatic heterocycles. The third-order valence-corrected chi connectivity index (χ3v) is 3.57. The van der Waals surface area contributed by atoms with Crippen LogP contribution >= 0.6 is 11.3 Å². The van der Waals surface area contributed by atoms with Gasteiger partial charge in [0.2, 0.25) is 5.91 Å². The van der Waals surface area contributed by atoms with E-state index in [4.69, 9.17) is 11.5 Å². The van der Waals surface area contributed by atoms with Gasteiger partial charge in [0.1, 0.15) is 0 Å². The second-order valence-electron chi connectivity index (χ2n) is 4.92. The standard InChI is InChI=1S/C12H20N4O2S/c1-12(2,7-13)16-10(17)6-8(15-11(14)18)9-4-3-5-19-9/h3-5,8H,6-7,13H2,1-2H3,(H,16,17)(H3,14,15,18). The molecule has 6 nitrogen and oxygen atoms in total. The quantitative estimate of drug-likeness (QED) is 0.617. The van der Waals surface area contributed by atoms with E-state index in [1.165, 1.54) is 11.3 Å². The molecule has 0 spiro atoms. The number of amides is 3. The predicted octanol–water partition coefficient (Wildman–Crippen LogP) is 0.701. The number of hydrogen-bond donors (Lipinski definition) is 4. The Morgan fingerprint density at radius 1 is 1.47 bits per heavy atom. The van der Waals surface area contributed by atoms with Gasteiger partial charge in [0, 0.05) is 17.0 Å². The molecule has 3 amide bonds. The number of thiophene rings is 1. The van der Waals surface area contributed by atoms with Gasteiger partial charge in [-0.05, 0) is 25.3 Å². The Balaban J connectivity index is 2.68. The lowest BCUT2D eigenvalue weighted by atomic mass is 10.0. The number of rotatable bonds is 6. The summed E-state index contributed by atoms with van der Waals surface area (Å²) in [6.45, 7) is 4.02. The first-order valence-electron chi connectivity index (χ1n) is 5.94. The number of primary amides is 1. The van der Waals surface area contributed by atoms with Crippen LogP contribution in [0, 0.1) is 0 Å². The molecule has 1 heterocycles. The van der Waals surface area contributed by atoms with Crippen molar-refractivity contribution >= 4 is 23.3 Å². The highest BCUT2D eigenvalue weighted by Crippen LogP contribution is 2.22. The zero-order valence-corrected chi connectivity index (χ0v) is 11.9. The molecule has 1 aromatic rings. The Morgan fingerprint density at radius 2 is 2.16 bits per heavy atom. The maximum Gasteiger partial charge on any atom is 0.312 e. The van der Waals surface area contributed by atoms with E-state index in [1.54, 1.807) is 0 Å². The van der Waals surface area contributed by atoms with Gasteiger partial charge in [0.25, 0.3) is 0 Å². The molecule has 0 saturated heterocycles. The van der Waals surface area contributed by atoms with Gasteiger partial charge in [-0.15, -0.1) is 11.3 Å². The van der Waals surface area contributed by atoms with Crippen LogP contribution in [0.3, 0.4) is 0 Å². The van der Waals surface area contributed by atoms with Crippen molar-refractivity contribution in [3.8, 4) is 0 Å². The lowest BCUT2D eigenvalue weighted by Gasteiger charge is -2.25. The second-order valence-corrected chi connectivity index (χ2v) is 5.90. The number of carbonyl (C=O) groups is 2. The zero-order chi connectivity index (χ0) is 14.5. The molecule has 0 aliphatic carbocycles. The summed E-state index contributed by atoms with van der Waals surface area (Å²) >= 11 is 1.46. The largest absolute Gasteiger partial charge is 0.352 e. The van der Waals surface area contributed by atoms with Crippen LogP contribution in [0.25, 0.3) is 0 Å². The van der Waals surface area contributed by atoms with E-state index >= 15 is 0 Å². The average Bonchev–Trinajstić information content (AvgIpc) is 2.80. The highest BCUT2D eigenvalue weighted by molar-refractivity contribution is 7.10. The minimum Gasteiger partial charge on any atom is -0.352 e. The summed E-state index contributed by atoms with van der Waals surface area (Å²) in [4.78, 5) is 23.8. The molecule has 7 heteroatoms. The van der Waals surface area contributed by atoms with Crippen LogP contribution in [-0.2, 0) is 4.79 Å². The van der Waals surface area contributed by atoms with Crippen molar-refractivity contribution in [1.82, 2.24) is 10.6 Å². The third-order valence-electron chi connectivity index (χ3n) is 2.58. The number of nitrogens with one attached hydrogen (secondary N) is 2. The molecule has 0 aliphatic rings. The molecular weight excluding hydrogens is 264 g/mol. The Morgan fingerprint density at radius 3 is 2.63 bits per heavy atom. The Hall–Kier alpha value is -1.60. The molecule has 6 N–H and O–H groups in total. The third kappa shape index (κ3) is 5.27. The van der Waals surface area contributed by atoms with E-state index in [-0.39, 0.29) is 12.3 Å². The molecule has 106 valence electrons. The maximum atomic E-state index is 12.0. The smallest absolute Gasteiger partial charge is 0.312 e. The van der Waals surface area contributed by atoms with E-state index in [2.05, 4.69) is 10.6 Å². The van der Waals surface area contributed by atoms with E-state index in [9.17, 15) is 9.59 Å². The molecule has 0 saturated carbocycles. The fraction of sp³-hybridized carbons (Fsp3) is 0.500. The van der Waals surface area contributed by atoms with Crippen molar-refractivity contribution in [2.75, 3.05) is 6.54 Å². The van der Waals surface area contributed by atoms with Gasteiger partial charge in [-0.1, -0.05) is 6.07 Å². The van der Waals surface area contributed by atoms with Crippen LogP contribution < -0.4 is 22.1 Å². The monoisotopic (exact) mass is 284 g/mol. The molecule has 1 unspecified atom stereocenters. The van der Waals surface area contributed by atoms with Crippen LogP contribution in [0.5, 0.6) is 0 Å². The van der Waals surface area contributed by atoms with Gasteiger partial charge in [0.15, 0.2) is 0 Å². The van der Waals surface area contributed by atoms with Gasteiger partial charge < -0.3 is 22.1 Å². The zero-order valence-electron chi connectivity index (χ0n) is 11.1. The molecule has 1 aromatic heterocycles. The van der Waals surface area contributed by atoms with Crippen LogP contribution in [0.4, 0.5) is 4.79 Å². The Labute approximate surface area is 116 Å².